The molecular weight excluding hydrogens is 281 g/mol. The third kappa shape index (κ3) is 2.51. The summed E-state index contributed by atoms with van der Waals surface area (Å²) in [6.45, 7) is 0. The van der Waals surface area contributed by atoms with Crippen molar-refractivity contribution in [1.29, 1.82) is 0 Å². The minimum absolute atomic E-state index is 0.127. The van der Waals surface area contributed by atoms with Gasteiger partial charge in [0.05, 0.1) is 12.5 Å². The summed E-state index contributed by atoms with van der Waals surface area (Å²) in [6.07, 6.45) is -3.51. The molecule has 1 aromatic rings. The Balaban J connectivity index is 2.24. The van der Waals surface area contributed by atoms with E-state index in [9.17, 15) is 19.9 Å². The van der Waals surface area contributed by atoms with E-state index in [1.54, 1.807) is 0 Å². The van der Waals surface area contributed by atoms with Gasteiger partial charge in [0.15, 0.2) is 12.1 Å². The highest BCUT2D eigenvalue weighted by atomic mass is 31.2. The lowest BCUT2D eigenvalue weighted by molar-refractivity contribution is -0.0669. The molecule has 1 aliphatic rings. The van der Waals surface area contributed by atoms with E-state index in [2.05, 4.69) is 4.98 Å². The smallest absolute Gasteiger partial charge is 0.356 e. The second-order valence-corrected chi connectivity index (χ2v) is 5.91. The van der Waals surface area contributed by atoms with Crippen LogP contribution in [-0.4, -0.2) is 58.8 Å². The van der Waals surface area contributed by atoms with Crippen molar-refractivity contribution in [3.8, 4) is 0 Å². The van der Waals surface area contributed by atoms with Crippen LogP contribution in [0.15, 0.2) is 12.5 Å². The van der Waals surface area contributed by atoms with E-state index >= 15 is 0 Å². The Labute approximate surface area is 107 Å². The monoisotopic (exact) mass is 295 g/mol. The van der Waals surface area contributed by atoms with Gasteiger partial charge in [-0.3, -0.25) is 9.13 Å². The number of anilines is 1. The molecule has 5 atom stereocenters. The summed E-state index contributed by atoms with van der Waals surface area (Å²) in [5.74, 6) is -2.12. The minimum atomic E-state index is -4.88. The zero-order valence-electron chi connectivity index (χ0n) is 9.51. The van der Waals surface area contributed by atoms with Crippen LogP contribution >= 0.6 is 7.60 Å². The molecule has 2 rings (SSSR count). The van der Waals surface area contributed by atoms with Crippen LogP contribution in [0.2, 0.25) is 0 Å². The van der Waals surface area contributed by atoms with Crippen LogP contribution in [0.25, 0.3) is 0 Å². The molecule has 1 aliphatic heterocycles. The van der Waals surface area contributed by atoms with Gasteiger partial charge < -0.3 is 35.6 Å². The fourth-order valence-electron chi connectivity index (χ4n) is 1.88. The first-order chi connectivity index (χ1) is 8.73. The SMILES string of the molecule is Nc1cncn1C1O[C@H](C(O)P(=O)(O)O)[C@@H](O)[C@H]1O. The van der Waals surface area contributed by atoms with Gasteiger partial charge in [-0.05, 0) is 0 Å². The van der Waals surface area contributed by atoms with E-state index < -0.39 is 38.0 Å². The maximum absolute atomic E-state index is 11.0. The van der Waals surface area contributed by atoms with Crippen LogP contribution in [0.4, 0.5) is 5.82 Å². The highest BCUT2D eigenvalue weighted by Crippen LogP contribution is 2.46. The standard InChI is InChI=1S/C8H14N3O7P/c9-3-1-10-2-11(3)7-5(13)4(12)6(18-7)8(14)19(15,16)17/h1-2,4-8,12-14H,9H2,(H2,15,16,17)/t4-,5+,6-,7?,8?/m0/s1. The summed E-state index contributed by atoms with van der Waals surface area (Å²) in [6, 6.07) is 0. The molecule has 11 heteroatoms. The molecule has 19 heavy (non-hydrogen) atoms. The van der Waals surface area contributed by atoms with Crippen LogP contribution in [0, 0.1) is 0 Å². The highest BCUT2D eigenvalue weighted by molar-refractivity contribution is 7.52. The number of nitrogens with zero attached hydrogens (tertiary/aromatic N) is 2. The maximum Gasteiger partial charge on any atom is 0.356 e. The van der Waals surface area contributed by atoms with E-state index in [4.69, 9.17) is 20.3 Å². The number of nitrogens with two attached hydrogens (primary N) is 1. The summed E-state index contributed by atoms with van der Waals surface area (Å²) in [5.41, 5.74) is 5.55. The fourth-order valence-corrected chi connectivity index (χ4v) is 2.51. The molecule has 2 unspecified atom stereocenters. The number of rotatable bonds is 3. The van der Waals surface area contributed by atoms with Gasteiger partial charge in [0.1, 0.15) is 24.1 Å². The minimum Gasteiger partial charge on any atom is -0.387 e. The van der Waals surface area contributed by atoms with Crippen molar-refractivity contribution < 1.29 is 34.4 Å². The largest absolute Gasteiger partial charge is 0.387 e. The lowest BCUT2D eigenvalue weighted by Gasteiger charge is -2.21. The Morgan fingerprint density at radius 3 is 2.53 bits per heavy atom. The second-order valence-electron chi connectivity index (χ2n) is 4.20. The average Bonchev–Trinajstić information content (AvgIpc) is 2.84. The van der Waals surface area contributed by atoms with Gasteiger partial charge in [-0.1, -0.05) is 0 Å². The van der Waals surface area contributed by atoms with Gasteiger partial charge in [-0.25, -0.2) is 4.98 Å². The Morgan fingerprint density at radius 2 is 2.05 bits per heavy atom. The topological polar surface area (TPSA) is 171 Å². The first-order valence-corrected chi connectivity index (χ1v) is 6.94. The summed E-state index contributed by atoms with van der Waals surface area (Å²) < 4.78 is 17.2. The number of nitrogen functional groups attached to an aromatic ring is 1. The number of hydrogen-bond donors (Lipinski definition) is 6. The Bertz CT molecular complexity index is 502. The Hall–Kier alpha value is -1.00. The number of aromatic nitrogens is 2. The van der Waals surface area contributed by atoms with Crippen molar-refractivity contribution in [3.63, 3.8) is 0 Å². The predicted molar refractivity (Wildman–Crippen MR) is 60.6 cm³/mol. The molecule has 0 saturated carbocycles. The van der Waals surface area contributed by atoms with Crippen molar-refractivity contribution in [3.05, 3.63) is 12.5 Å². The van der Waals surface area contributed by atoms with Gasteiger partial charge in [-0.2, -0.15) is 0 Å². The van der Waals surface area contributed by atoms with E-state index in [0.29, 0.717) is 0 Å². The van der Waals surface area contributed by atoms with Crippen molar-refractivity contribution in [2.45, 2.75) is 30.4 Å². The van der Waals surface area contributed by atoms with Crippen LogP contribution in [0.1, 0.15) is 6.23 Å². The van der Waals surface area contributed by atoms with E-state index in [1.165, 1.54) is 17.1 Å². The third-order valence-corrected chi connectivity index (χ3v) is 3.87. The molecule has 0 spiro atoms. The summed E-state index contributed by atoms with van der Waals surface area (Å²) >= 11 is 0. The normalized spacial score (nSPS) is 33.5. The van der Waals surface area contributed by atoms with E-state index in [0.717, 1.165) is 0 Å². The maximum atomic E-state index is 11.0. The number of imidazole rings is 1. The van der Waals surface area contributed by atoms with Crippen molar-refractivity contribution in [2.24, 2.45) is 0 Å². The number of ether oxygens (including phenoxy) is 1. The van der Waals surface area contributed by atoms with Gasteiger partial charge in [0, 0.05) is 0 Å². The Kier molecular flexibility index (Phi) is 3.67. The zero-order valence-corrected chi connectivity index (χ0v) is 10.4. The number of aliphatic hydroxyl groups is 3. The summed E-state index contributed by atoms with van der Waals surface area (Å²) in [7, 11) is -4.88. The molecule has 0 bridgehead atoms. The molecule has 1 fully saturated rings. The zero-order chi connectivity index (χ0) is 14.4. The van der Waals surface area contributed by atoms with Crippen molar-refractivity contribution in [1.82, 2.24) is 9.55 Å². The molecule has 0 amide bonds. The first kappa shape index (κ1) is 14.4. The van der Waals surface area contributed by atoms with Gasteiger partial charge in [0.2, 0.25) is 0 Å². The van der Waals surface area contributed by atoms with Crippen LogP contribution in [-0.2, 0) is 9.30 Å². The molecule has 10 nitrogen and oxygen atoms in total. The number of hydrogen-bond acceptors (Lipinski definition) is 7. The Morgan fingerprint density at radius 1 is 1.42 bits per heavy atom. The molecule has 1 aromatic heterocycles. The first-order valence-electron chi connectivity index (χ1n) is 5.25. The molecule has 2 heterocycles. The fraction of sp³-hybridized carbons (Fsp3) is 0.625. The quantitative estimate of drug-likeness (QED) is 0.332. The number of aliphatic hydroxyl groups excluding tert-OH is 3. The van der Waals surface area contributed by atoms with Gasteiger partial charge in [0.25, 0.3) is 0 Å². The predicted octanol–water partition coefficient (Wildman–Crippen LogP) is -2.42. The molecule has 7 N–H and O–H groups in total. The van der Waals surface area contributed by atoms with Gasteiger partial charge >= 0.3 is 7.60 Å². The summed E-state index contributed by atoms with van der Waals surface area (Å²) in [5, 5.41) is 28.9. The van der Waals surface area contributed by atoms with E-state index in [1.807, 2.05) is 0 Å². The van der Waals surface area contributed by atoms with Crippen molar-refractivity contribution >= 4 is 13.4 Å². The third-order valence-electron chi connectivity index (χ3n) is 2.88. The highest BCUT2D eigenvalue weighted by Gasteiger charge is 2.51. The van der Waals surface area contributed by atoms with E-state index in [-0.39, 0.29) is 5.82 Å². The summed E-state index contributed by atoms with van der Waals surface area (Å²) in [4.78, 5) is 21.4. The molecule has 0 aromatic carbocycles. The van der Waals surface area contributed by atoms with Crippen LogP contribution in [0.3, 0.4) is 0 Å². The molecule has 0 radical (unpaired) electrons. The van der Waals surface area contributed by atoms with Crippen LogP contribution < -0.4 is 5.73 Å². The molecule has 1 saturated heterocycles. The lowest BCUT2D eigenvalue weighted by Crippen LogP contribution is -2.38. The molecule has 0 aliphatic carbocycles. The molecule has 108 valence electrons. The van der Waals surface area contributed by atoms with Crippen LogP contribution in [0.5, 0.6) is 0 Å². The van der Waals surface area contributed by atoms with Gasteiger partial charge in [-0.15, -0.1) is 0 Å². The van der Waals surface area contributed by atoms with Crippen molar-refractivity contribution in [2.75, 3.05) is 5.73 Å². The lowest BCUT2D eigenvalue weighted by atomic mass is 10.1. The second kappa shape index (κ2) is 4.84. The molecular formula is C8H14N3O7P. The average molecular weight is 295 g/mol.